The number of hydrogen-bond donors (Lipinski definition) is 1. The van der Waals surface area contributed by atoms with Crippen LogP contribution in [0.15, 0.2) is 12.4 Å². The van der Waals surface area contributed by atoms with Gasteiger partial charge in [0.05, 0.1) is 32.2 Å². The number of nitrogens with zero attached hydrogens (tertiary/aromatic N) is 5. The number of aromatic nitrogens is 5. The molecule has 1 saturated heterocycles. The average Bonchev–Trinajstić information content (AvgIpc) is 3.32. The molecule has 8 heteroatoms. The summed E-state index contributed by atoms with van der Waals surface area (Å²) in [6.45, 7) is 4.64. The third kappa shape index (κ3) is 3.89. The van der Waals surface area contributed by atoms with Crippen LogP contribution in [-0.4, -0.2) is 51.5 Å². The zero-order chi connectivity index (χ0) is 17.1. The molecule has 25 heavy (non-hydrogen) atoms. The van der Waals surface area contributed by atoms with E-state index in [2.05, 4.69) is 30.0 Å². The molecule has 134 valence electrons. The maximum atomic E-state index is 5.87. The van der Waals surface area contributed by atoms with Crippen LogP contribution in [-0.2, 0) is 4.74 Å². The molecule has 2 aromatic rings. The van der Waals surface area contributed by atoms with Crippen LogP contribution >= 0.6 is 0 Å². The highest BCUT2D eigenvalue weighted by Crippen LogP contribution is 2.26. The fourth-order valence-electron chi connectivity index (χ4n) is 3.46. The number of nitrogens with one attached hydrogen (secondary N) is 1. The minimum Gasteiger partial charge on any atom is -0.476 e. The Hall–Kier alpha value is -2.22. The van der Waals surface area contributed by atoms with Crippen molar-refractivity contribution in [3.8, 4) is 5.88 Å². The van der Waals surface area contributed by atoms with Crippen LogP contribution in [0.3, 0.4) is 0 Å². The van der Waals surface area contributed by atoms with Crippen LogP contribution in [0.4, 0.5) is 5.82 Å². The molecule has 1 saturated carbocycles. The van der Waals surface area contributed by atoms with Crippen molar-refractivity contribution in [1.29, 1.82) is 0 Å². The van der Waals surface area contributed by atoms with Gasteiger partial charge >= 0.3 is 0 Å². The van der Waals surface area contributed by atoms with E-state index in [1.807, 2.05) is 6.92 Å². The summed E-state index contributed by atoms with van der Waals surface area (Å²) < 4.78 is 11.7. The summed E-state index contributed by atoms with van der Waals surface area (Å²) in [7, 11) is 0. The Morgan fingerprint density at radius 3 is 2.96 bits per heavy atom. The summed E-state index contributed by atoms with van der Waals surface area (Å²) in [6.07, 6.45) is 8.44. The van der Waals surface area contributed by atoms with Crippen LogP contribution in [0.1, 0.15) is 43.4 Å². The van der Waals surface area contributed by atoms with Gasteiger partial charge in [-0.3, -0.25) is 10.1 Å². The second kappa shape index (κ2) is 7.35. The van der Waals surface area contributed by atoms with E-state index >= 15 is 0 Å². The van der Waals surface area contributed by atoms with E-state index in [0.29, 0.717) is 30.8 Å². The fourth-order valence-corrected chi connectivity index (χ4v) is 3.46. The minimum atomic E-state index is -0.163. The summed E-state index contributed by atoms with van der Waals surface area (Å²) in [5.41, 5.74) is 0. The first-order chi connectivity index (χ1) is 12.3. The lowest BCUT2D eigenvalue weighted by molar-refractivity contribution is 0.0339. The van der Waals surface area contributed by atoms with Crippen LogP contribution < -0.4 is 9.64 Å². The molecule has 0 spiro atoms. The molecule has 0 bridgehead atoms. The number of aryl methyl sites for hydroxylation is 1. The number of anilines is 1. The lowest BCUT2D eigenvalue weighted by Crippen LogP contribution is -2.39. The third-order valence-electron chi connectivity index (χ3n) is 4.83. The second-order valence-electron chi connectivity index (χ2n) is 6.76. The van der Waals surface area contributed by atoms with E-state index < -0.39 is 0 Å². The number of rotatable bonds is 5. The smallest absolute Gasteiger partial charge is 0.234 e. The van der Waals surface area contributed by atoms with Crippen LogP contribution in [0.2, 0.25) is 0 Å². The van der Waals surface area contributed by atoms with Gasteiger partial charge in [0, 0.05) is 6.54 Å². The van der Waals surface area contributed by atoms with E-state index in [1.165, 1.54) is 25.7 Å². The highest BCUT2D eigenvalue weighted by Gasteiger charge is 2.26. The van der Waals surface area contributed by atoms with Crippen LogP contribution in [0.5, 0.6) is 5.88 Å². The molecule has 0 aromatic carbocycles. The second-order valence-corrected chi connectivity index (χ2v) is 6.76. The standard InChI is InChI=1S/C17H24N6O2/c1-12-19-17(22-21-12)14-10-23(6-7-24-14)15-8-18-9-16(20-15)25-11-13-4-2-3-5-13/h8-9,13-14H,2-7,10-11H2,1H3,(H,19,21,22). The normalized spacial score (nSPS) is 21.6. The van der Waals surface area contributed by atoms with Gasteiger partial charge in [-0.2, -0.15) is 10.1 Å². The van der Waals surface area contributed by atoms with Gasteiger partial charge in [-0.15, -0.1) is 0 Å². The highest BCUT2D eigenvalue weighted by molar-refractivity contribution is 5.38. The van der Waals surface area contributed by atoms with E-state index in [-0.39, 0.29) is 6.10 Å². The molecule has 8 nitrogen and oxygen atoms in total. The fraction of sp³-hybridized carbons (Fsp3) is 0.647. The Kier molecular flexibility index (Phi) is 4.78. The number of hydrogen-bond acceptors (Lipinski definition) is 7. The Labute approximate surface area is 147 Å². The summed E-state index contributed by atoms with van der Waals surface area (Å²) in [6, 6.07) is 0. The SMILES string of the molecule is Cc1nc(C2CN(c3cncc(OCC4CCCC4)n3)CCO2)n[nH]1. The molecule has 1 N–H and O–H groups in total. The van der Waals surface area contributed by atoms with Gasteiger partial charge in [-0.1, -0.05) is 12.8 Å². The van der Waals surface area contributed by atoms with E-state index in [4.69, 9.17) is 9.47 Å². The number of aromatic amines is 1. The lowest BCUT2D eigenvalue weighted by atomic mass is 10.1. The van der Waals surface area contributed by atoms with Crippen molar-refractivity contribution in [1.82, 2.24) is 25.1 Å². The predicted octanol–water partition coefficient (Wildman–Crippen LogP) is 2.05. The van der Waals surface area contributed by atoms with Crippen molar-refractivity contribution >= 4 is 5.82 Å². The largest absolute Gasteiger partial charge is 0.476 e. The molecule has 2 aliphatic rings. The summed E-state index contributed by atoms with van der Waals surface area (Å²) in [4.78, 5) is 15.4. The quantitative estimate of drug-likeness (QED) is 0.888. The number of ether oxygens (including phenoxy) is 2. The van der Waals surface area contributed by atoms with Crippen molar-refractivity contribution in [2.75, 3.05) is 31.2 Å². The topological polar surface area (TPSA) is 89.1 Å². The summed E-state index contributed by atoms with van der Waals surface area (Å²) in [5.74, 6) is 3.54. The maximum Gasteiger partial charge on any atom is 0.234 e. The Bertz CT molecular complexity index is 700. The Morgan fingerprint density at radius 2 is 2.16 bits per heavy atom. The first-order valence-corrected chi connectivity index (χ1v) is 8.98. The van der Waals surface area contributed by atoms with Gasteiger partial charge in [0.1, 0.15) is 11.9 Å². The Balaban J connectivity index is 1.41. The predicted molar refractivity (Wildman–Crippen MR) is 91.5 cm³/mol. The first kappa shape index (κ1) is 16.3. The molecule has 3 heterocycles. The molecule has 2 fully saturated rings. The van der Waals surface area contributed by atoms with Gasteiger partial charge in [0.25, 0.3) is 0 Å². The van der Waals surface area contributed by atoms with Gasteiger partial charge < -0.3 is 14.4 Å². The molecule has 0 amide bonds. The van der Waals surface area contributed by atoms with Gasteiger partial charge in [-0.05, 0) is 25.7 Å². The minimum absolute atomic E-state index is 0.163. The molecule has 1 unspecified atom stereocenters. The maximum absolute atomic E-state index is 5.87. The molecular weight excluding hydrogens is 320 g/mol. The monoisotopic (exact) mass is 344 g/mol. The van der Waals surface area contributed by atoms with Crippen molar-refractivity contribution < 1.29 is 9.47 Å². The molecule has 1 atom stereocenters. The van der Waals surface area contributed by atoms with Gasteiger partial charge in [-0.25, -0.2) is 4.98 Å². The van der Waals surface area contributed by atoms with E-state index in [0.717, 1.165) is 24.8 Å². The van der Waals surface area contributed by atoms with Crippen LogP contribution in [0.25, 0.3) is 0 Å². The van der Waals surface area contributed by atoms with Crippen molar-refractivity contribution in [3.63, 3.8) is 0 Å². The van der Waals surface area contributed by atoms with Crippen molar-refractivity contribution in [3.05, 3.63) is 24.0 Å². The van der Waals surface area contributed by atoms with Gasteiger partial charge in [0.15, 0.2) is 11.6 Å². The summed E-state index contributed by atoms with van der Waals surface area (Å²) in [5, 5.41) is 7.08. The van der Waals surface area contributed by atoms with E-state index in [1.54, 1.807) is 12.4 Å². The molecule has 1 aliphatic carbocycles. The molecule has 4 rings (SSSR count). The third-order valence-corrected chi connectivity index (χ3v) is 4.83. The number of morpholine rings is 1. The zero-order valence-corrected chi connectivity index (χ0v) is 14.5. The lowest BCUT2D eigenvalue weighted by Gasteiger charge is -2.32. The molecular formula is C17H24N6O2. The molecule has 1 aliphatic heterocycles. The van der Waals surface area contributed by atoms with Gasteiger partial charge in [0.2, 0.25) is 5.88 Å². The van der Waals surface area contributed by atoms with Crippen LogP contribution in [0, 0.1) is 12.8 Å². The molecule has 2 aromatic heterocycles. The Morgan fingerprint density at radius 1 is 1.28 bits per heavy atom. The van der Waals surface area contributed by atoms with Crippen molar-refractivity contribution in [2.45, 2.75) is 38.7 Å². The summed E-state index contributed by atoms with van der Waals surface area (Å²) >= 11 is 0. The average molecular weight is 344 g/mol. The number of H-pyrrole nitrogens is 1. The molecule has 0 radical (unpaired) electrons. The highest BCUT2D eigenvalue weighted by atomic mass is 16.5. The van der Waals surface area contributed by atoms with E-state index in [9.17, 15) is 0 Å². The van der Waals surface area contributed by atoms with Crippen molar-refractivity contribution in [2.24, 2.45) is 5.92 Å². The zero-order valence-electron chi connectivity index (χ0n) is 14.5. The first-order valence-electron chi connectivity index (χ1n) is 8.98.